The van der Waals surface area contributed by atoms with Gasteiger partial charge in [-0.2, -0.15) is 0 Å². The van der Waals surface area contributed by atoms with Gasteiger partial charge in [0.15, 0.2) is 0 Å². The van der Waals surface area contributed by atoms with Crippen LogP contribution in [0.4, 0.5) is 0 Å². The first-order valence-corrected chi connectivity index (χ1v) is 8.34. The number of nitrogens with one attached hydrogen (secondary N) is 1. The highest BCUT2D eigenvalue weighted by molar-refractivity contribution is 7.10. The molecule has 1 aromatic rings. The minimum absolute atomic E-state index is 0.0179. The zero-order valence-electron chi connectivity index (χ0n) is 13.2. The van der Waals surface area contributed by atoms with Crippen LogP contribution >= 0.6 is 11.3 Å². The van der Waals surface area contributed by atoms with E-state index in [0.29, 0.717) is 18.6 Å². The van der Waals surface area contributed by atoms with Crippen LogP contribution < -0.4 is 5.32 Å². The third kappa shape index (κ3) is 3.65. The SMILES string of the molecule is CCOC1CC(NC(CC(=O)OC)c2cccs2)C1(C)C. The van der Waals surface area contributed by atoms with E-state index in [9.17, 15) is 4.79 Å². The van der Waals surface area contributed by atoms with Crippen molar-refractivity contribution < 1.29 is 14.3 Å². The van der Waals surface area contributed by atoms with Gasteiger partial charge >= 0.3 is 5.97 Å². The first-order valence-electron chi connectivity index (χ1n) is 7.46. The van der Waals surface area contributed by atoms with Gasteiger partial charge in [0.25, 0.3) is 0 Å². The molecule has 1 saturated carbocycles. The van der Waals surface area contributed by atoms with E-state index in [1.165, 1.54) is 12.0 Å². The van der Waals surface area contributed by atoms with Crippen LogP contribution in [-0.4, -0.2) is 31.8 Å². The predicted octanol–water partition coefficient (Wildman–Crippen LogP) is 3.15. The van der Waals surface area contributed by atoms with Crippen molar-refractivity contribution in [2.75, 3.05) is 13.7 Å². The van der Waals surface area contributed by atoms with Gasteiger partial charge in [0.2, 0.25) is 0 Å². The molecule has 1 aromatic heterocycles. The largest absolute Gasteiger partial charge is 0.469 e. The molecule has 1 aliphatic rings. The van der Waals surface area contributed by atoms with Gasteiger partial charge in [-0.1, -0.05) is 19.9 Å². The van der Waals surface area contributed by atoms with Crippen LogP contribution in [0.25, 0.3) is 0 Å². The third-order valence-electron chi connectivity index (χ3n) is 4.43. The summed E-state index contributed by atoms with van der Waals surface area (Å²) in [5, 5.41) is 5.67. The minimum Gasteiger partial charge on any atom is -0.469 e. The van der Waals surface area contributed by atoms with E-state index in [2.05, 4.69) is 25.2 Å². The molecule has 0 aliphatic heterocycles. The maximum atomic E-state index is 11.7. The van der Waals surface area contributed by atoms with Gasteiger partial charge in [-0.25, -0.2) is 0 Å². The average molecular weight is 311 g/mol. The Morgan fingerprint density at radius 3 is 2.86 bits per heavy atom. The lowest BCUT2D eigenvalue weighted by atomic mass is 9.64. The Morgan fingerprint density at radius 2 is 2.33 bits per heavy atom. The van der Waals surface area contributed by atoms with Gasteiger partial charge in [-0.3, -0.25) is 4.79 Å². The van der Waals surface area contributed by atoms with Crippen molar-refractivity contribution in [3.05, 3.63) is 22.4 Å². The smallest absolute Gasteiger partial charge is 0.307 e. The highest BCUT2D eigenvalue weighted by Crippen LogP contribution is 2.44. The Bertz CT molecular complexity index is 458. The molecular formula is C16H25NO3S. The van der Waals surface area contributed by atoms with E-state index in [1.54, 1.807) is 11.3 Å². The molecule has 118 valence electrons. The first kappa shape index (κ1) is 16.5. The van der Waals surface area contributed by atoms with Gasteiger partial charge in [0.05, 0.1) is 25.7 Å². The lowest BCUT2D eigenvalue weighted by Gasteiger charge is -2.52. The highest BCUT2D eigenvalue weighted by atomic mass is 32.1. The number of carbonyl (C=O) groups is 1. The maximum Gasteiger partial charge on any atom is 0.307 e. The fourth-order valence-corrected chi connectivity index (χ4v) is 3.66. The lowest BCUT2D eigenvalue weighted by molar-refractivity contribution is -0.142. The van der Waals surface area contributed by atoms with Crippen LogP contribution in [0.3, 0.4) is 0 Å². The molecule has 0 radical (unpaired) electrons. The lowest BCUT2D eigenvalue weighted by Crippen LogP contribution is -2.61. The third-order valence-corrected chi connectivity index (χ3v) is 5.42. The molecule has 1 aliphatic carbocycles. The number of esters is 1. The minimum atomic E-state index is -0.181. The molecule has 1 fully saturated rings. The molecular weight excluding hydrogens is 286 g/mol. The van der Waals surface area contributed by atoms with E-state index in [-0.39, 0.29) is 17.4 Å². The van der Waals surface area contributed by atoms with Crippen LogP contribution in [0.15, 0.2) is 17.5 Å². The molecule has 0 aromatic carbocycles. The molecule has 3 unspecified atom stereocenters. The Kier molecular flexibility index (Phi) is 5.41. The van der Waals surface area contributed by atoms with Crippen molar-refractivity contribution >= 4 is 17.3 Å². The zero-order valence-corrected chi connectivity index (χ0v) is 14.0. The normalized spacial score (nSPS) is 25.1. The quantitative estimate of drug-likeness (QED) is 0.786. The Hall–Kier alpha value is -0.910. The Balaban J connectivity index is 2.01. The number of thiophene rings is 1. The number of ether oxygens (including phenoxy) is 2. The summed E-state index contributed by atoms with van der Waals surface area (Å²) < 4.78 is 10.6. The molecule has 0 saturated heterocycles. The van der Waals surface area contributed by atoms with E-state index in [1.807, 2.05) is 18.4 Å². The standard InChI is InChI=1S/C16H25NO3S/c1-5-20-14-10-13(16(14,2)3)17-11(9-15(18)19-4)12-7-6-8-21-12/h6-8,11,13-14,17H,5,9-10H2,1-4H3. The summed E-state index contributed by atoms with van der Waals surface area (Å²) in [6.45, 7) is 7.22. The van der Waals surface area contributed by atoms with Gasteiger partial charge in [0.1, 0.15) is 0 Å². The summed E-state index contributed by atoms with van der Waals surface area (Å²) in [4.78, 5) is 12.8. The van der Waals surface area contributed by atoms with Crippen molar-refractivity contribution in [1.82, 2.24) is 5.32 Å². The molecule has 4 nitrogen and oxygen atoms in total. The second kappa shape index (κ2) is 6.90. The van der Waals surface area contributed by atoms with E-state index in [4.69, 9.17) is 9.47 Å². The predicted molar refractivity (Wildman–Crippen MR) is 84.4 cm³/mol. The van der Waals surface area contributed by atoms with Crippen molar-refractivity contribution in [2.45, 2.75) is 51.8 Å². The van der Waals surface area contributed by atoms with Crippen molar-refractivity contribution in [2.24, 2.45) is 5.41 Å². The summed E-state index contributed by atoms with van der Waals surface area (Å²) >= 11 is 1.67. The molecule has 3 atom stereocenters. The average Bonchev–Trinajstić information content (AvgIpc) is 2.98. The molecule has 1 N–H and O–H groups in total. The van der Waals surface area contributed by atoms with E-state index < -0.39 is 0 Å². The summed E-state index contributed by atoms with van der Waals surface area (Å²) in [6, 6.07) is 4.45. The monoisotopic (exact) mass is 311 g/mol. The Morgan fingerprint density at radius 1 is 1.57 bits per heavy atom. The van der Waals surface area contributed by atoms with Crippen LogP contribution in [-0.2, 0) is 14.3 Å². The Labute approximate surface area is 130 Å². The molecule has 1 heterocycles. The molecule has 0 spiro atoms. The van der Waals surface area contributed by atoms with Gasteiger partial charge in [0, 0.05) is 22.9 Å². The zero-order chi connectivity index (χ0) is 15.5. The highest BCUT2D eigenvalue weighted by Gasteiger charge is 2.49. The van der Waals surface area contributed by atoms with Crippen molar-refractivity contribution in [3.8, 4) is 0 Å². The van der Waals surface area contributed by atoms with Crippen molar-refractivity contribution in [3.63, 3.8) is 0 Å². The summed E-state index contributed by atoms with van der Waals surface area (Å²) in [7, 11) is 1.44. The van der Waals surface area contributed by atoms with E-state index in [0.717, 1.165) is 13.0 Å². The fraction of sp³-hybridized carbons (Fsp3) is 0.688. The van der Waals surface area contributed by atoms with Crippen LogP contribution in [0.1, 0.15) is 44.5 Å². The van der Waals surface area contributed by atoms with Gasteiger partial charge in [-0.05, 0) is 24.8 Å². The molecule has 2 rings (SSSR count). The molecule has 21 heavy (non-hydrogen) atoms. The summed E-state index contributed by atoms with van der Waals surface area (Å²) in [5.41, 5.74) is 0.0850. The molecule has 0 bridgehead atoms. The molecule has 0 amide bonds. The number of methoxy groups -OCH3 is 1. The topological polar surface area (TPSA) is 47.6 Å². The van der Waals surface area contributed by atoms with Gasteiger partial charge < -0.3 is 14.8 Å². The molecule has 5 heteroatoms. The van der Waals surface area contributed by atoms with E-state index >= 15 is 0 Å². The second-order valence-electron chi connectivity index (χ2n) is 6.07. The number of carbonyl (C=O) groups excluding carboxylic acids is 1. The van der Waals surface area contributed by atoms with Crippen LogP contribution in [0.5, 0.6) is 0 Å². The number of hydrogen-bond acceptors (Lipinski definition) is 5. The summed E-state index contributed by atoms with van der Waals surface area (Å²) in [6.07, 6.45) is 1.65. The fourth-order valence-electron chi connectivity index (χ4n) is 2.88. The second-order valence-corrected chi connectivity index (χ2v) is 7.05. The van der Waals surface area contributed by atoms with Crippen LogP contribution in [0.2, 0.25) is 0 Å². The number of rotatable bonds is 7. The van der Waals surface area contributed by atoms with Gasteiger partial charge in [-0.15, -0.1) is 11.3 Å². The van der Waals surface area contributed by atoms with Crippen LogP contribution in [0, 0.1) is 5.41 Å². The number of hydrogen-bond donors (Lipinski definition) is 1. The first-order chi connectivity index (χ1) is 9.98. The van der Waals surface area contributed by atoms with Crippen molar-refractivity contribution in [1.29, 1.82) is 0 Å². The summed E-state index contributed by atoms with van der Waals surface area (Å²) in [5.74, 6) is -0.181. The maximum absolute atomic E-state index is 11.7.